The van der Waals surface area contributed by atoms with Gasteiger partial charge in [-0.3, -0.25) is 9.59 Å². The zero-order chi connectivity index (χ0) is 26.3. The number of rotatable bonds is 3. The van der Waals surface area contributed by atoms with Gasteiger partial charge in [0.2, 0.25) is 10.0 Å². The number of esters is 1. The average Bonchev–Trinajstić information content (AvgIpc) is 2.74. The number of carbonyl (C=O) groups is 2. The number of ether oxygens (including phenoxy) is 1. The molecule has 0 aromatic heterocycles. The van der Waals surface area contributed by atoms with E-state index >= 15 is 0 Å². The molecule has 5 rings (SSSR count). The number of hydrogen-bond donors (Lipinski definition) is 1. The van der Waals surface area contributed by atoms with E-state index in [1.54, 1.807) is 0 Å². The molecule has 1 N–H and O–H groups in total. The topological polar surface area (TPSA) is 89.5 Å². The van der Waals surface area contributed by atoms with Crippen LogP contribution in [0.3, 0.4) is 0 Å². The Morgan fingerprint density at radius 1 is 1.00 bits per heavy atom. The number of fused-ring (bicyclic) bond motifs is 7. The summed E-state index contributed by atoms with van der Waals surface area (Å²) in [6.07, 6.45) is 12.0. The van der Waals surface area contributed by atoms with Crippen molar-refractivity contribution in [2.75, 3.05) is 6.26 Å². The number of sulfonamides is 1. The molecule has 0 saturated heterocycles. The van der Waals surface area contributed by atoms with Gasteiger partial charge >= 0.3 is 5.97 Å². The highest BCUT2D eigenvalue weighted by molar-refractivity contribution is 7.88. The van der Waals surface area contributed by atoms with Gasteiger partial charge in [-0.15, -0.1) is 0 Å². The average molecular weight is 520 g/mol. The fourth-order valence-electron chi connectivity index (χ4n) is 10.1. The second kappa shape index (κ2) is 8.65. The van der Waals surface area contributed by atoms with Crippen molar-refractivity contribution in [3.05, 3.63) is 11.6 Å². The van der Waals surface area contributed by atoms with Gasteiger partial charge in [0, 0.05) is 18.9 Å². The third-order valence-corrected chi connectivity index (χ3v) is 12.4. The fraction of sp³-hybridized carbons (Fsp3) is 0.862. The first-order valence-corrected chi connectivity index (χ1v) is 16.0. The first kappa shape index (κ1) is 26.4. The van der Waals surface area contributed by atoms with Crippen LogP contribution in [0.15, 0.2) is 11.6 Å². The van der Waals surface area contributed by atoms with Crippen LogP contribution in [0.2, 0.25) is 0 Å². The normalized spacial score (nSPS) is 48.6. The van der Waals surface area contributed by atoms with E-state index in [2.05, 4.69) is 32.4 Å². The van der Waals surface area contributed by atoms with Crippen LogP contribution in [-0.2, 0) is 24.3 Å². The van der Waals surface area contributed by atoms with Crippen molar-refractivity contribution in [1.82, 2.24) is 4.72 Å². The molecular weight excluding hydrogens is 474 g/mol. The van der Waals surface area contributed by atoms with Crippen molar-refractivity contribution in [2.24, 2.45) is 45.8 Å². The summed E-state index contributed by atoms with van der Waals surface area (Å²) in [7, 11) is -3.26. The molecule has 5 aliphatic carbocycles. The van der Waals surface area contributed by atoms with Crippen LogP contribution in [0.5, 0.6) is 0 Å². The van der Waals surface area contributed by atoms with Gasteiger partial charge in [0.05, 0.1) is 6.26 Å². The SMILES string of the molecule is CC(=O)OC1CCC2(C)C(CCC3(C)C4CCC5(C)CCC(NS(C)(=O)=O)CC5C4=CC(=O)C32)C1C. The Morgan fingerprint density at radius 3 is 2.33 bits per heavy atom. The highest BCUT2D eigenvalue weighted by Gasteiger charge is 2.65. The molecule has 36 heavy (non-hydrogen) atoms. The number of allylic oxidation sites excluding steroid dienone is 2. The molecule has 0 aliphatic heterocycles. The number of hydrogen-bond acceptors (Lipinski definition) is 5. The second-order valence-electron chi connectivity index (χ2n) is 13.8. The molecule has 4 saturated carbocycles. The van der Waals surface area contributed by atoms with Crippen molar-refractivity contribution in [2.45, 2.75) is 105 Å². The summed E-state index contributed by atoms with van der Waals surface area (Å²) in [6.45, 7) is 10.8. The smallest absolute Gasteiger partial charge is 0.302 e. The maximum absolute atomic E-state index is 14.1. The Kier molecular flexibility index (Phi) is 6.35. The third-order valence-electron chi connectivity index (χ3n) is 11.7. The highest BCUT2D eigenvalue weighted by Crippen LogP contribution is 2.69. The monoisotopic (exact) mass is 519 g/mol. The van der Waals surface area contributed by atoms with Crippen LogP contribution in [-0.4, -0.2) is 38.6 Å². The van der Waals surface area contributed by atoms with Gasteiger partial charge < -0.3 is 4.74 Å². The van der Waals surface area contributed by atoms with Crippen LogP contribution in [0.25, 0.3) is 0 Å². The number of carbonyl (C=O) groups excluding carboxylic acids is 2. The van der Waals surface area contributed by atoms with Crippen LogP contribution in [0, 0.1) is 45.8 Å². The lowest BCUT2D eigenvalue weighted by atomic mass is 9.38. The Labute approximate surface area is 217 Å². The lowest BCUT2D eigenvalue weighted by molar-refractivity contribution is -0.180. The summed E-state index contributed by atoms with van der Waals surface area (Å²) in [5.41, 5.74) is 1.30. The van der Waals surface area contributed by atoms with Gasteiger partial charge in [0.25, 0.3) is 0 Å². The molecule has 10 atom stereocenters. The number of nitrogens with one attached hydrogen (secondary N) is 1. The molecule has 0 aromatic rings. The zero-order valence-corrected chi connectivity index (χ0v) is 23.7. The molecule has 0 aromatic carbocycles. The molecule has 0 heterocycles. The van der Waals surface area contributed by atoms with E-state index in [0.717, 1.165) is 57.8 Å². The summed E-state index contributed by atoms with van der Waals surface area (Å²) in [5, 5.41) is 0. The summed E-state index contributed by atoms with van der Waals surface area (Å²) in [4.78, 5) is 25.8. The minimum atomic E-state index is -3.26. The Balaban J connectivity index is 1.48. The molecule has 6 nitrogen and oxygen atoms in total. The van der Waals surface area contributed by atoms with Gasteiger partial charge in [-0.25, -0.2) is 13.1 Å². The van der Waals surface area contributed by atoms with E-state index < -0.39 is 10.0 Å². The van der Waals surface area contributed by atoms with Crippen molar-refractivity contribution in [1.29, 1.82) is 0 Å². The van der Waals surface area contributed by atoms with Crippen LogP contribution >= 0.6 is 0 Å². The first-order valence-electron chi connectivity index (χ1n) is 14.1. The van der Waals surface area contributed by atoms with Crippen molar-refractivity contribution >= 4 is 21.8 Å². The molecule has 0 spiro atoms. The van der Waals surface area contributed by atoms with Gasteiger partial charge in [-0.2, -0.15) is 0 Å². The summed E-state index contributed by atoms with van der Waals surface area (Å²) >= 11 is 0. The Hall–Kier alpha value is -1.21. The van der Waals surface area contributed by atoms with Crippen LogP contribution in [0.1, 0.15) is 92.4 Å². The minimum absolute atomic E-state index is 0.00360. The Morgan fingerprint density at radius 2 is 1.67 bits per heavy atom. The first-order chi connectivity index (χ1) is 16.7. The van der Waals surface area contributed by atoms with E-state index in [0.29, 0.717) is 11.8 Å². The van der Waals surface area contributed by atoms with E-state index in [4.69, 9.17) is 4.74 Å². The quantitative estimate of drug-likeness (QED) is 0.528. The van der Waals surface area contributed by atoms with E-state index in [9.17, 15) is 18.0 Å². The predicted octanol–water partition coefficient (Wildman–Crippen LogP) is 5.03. The van der Waals surface area contributed by atoms with Gasteiger partial charge in [0.1, 0.15) is 6.10 Å². The van der Waals surface area contributed by atoms with Crippen molar-refractivity contribution in [3.8, 4) is 0 Å². The van der Waals surface area contributed by atoms with Gasteiger partial charge in [0.15, 0.2) is 5.78 Å². The van der Waals surface area contributed by atoms with Gasteiger partial charge in [-0.1, -0.05) is 33.3 Å². The molecule has 202 valence electrons. The minimum Gasteiger partial charge on any atom is -0.462 e. The molecule has 0 amide bonds. The molecule has 4 fully saturated rings. The molecule has 7 heteroatoms. The second-order valence-corrected chi connectivity index (χ2v) is 15.6. The van der Waals surface area contributed by atoms with Crippen molar-refractivity contribution < 1.29 is 22.7 Å². The predicted molar refractivity (Wildman–Crippen MR) is 139 cm³/mol. The zero-order valence-electron chi connectivity index (χ0n) is 22.9. The summed E-state index contributed by atoms with van der Waals surface area (Å²) in [5.74, 6) is 1.35. The highest BCUT2D eigenvalue weighted by atomic mass is 32.2. The molecule has 10 unspecified atom stereocenters. The lowest BCUT2D eigenvalue weighted by Crippen LogP contribution is -2.62. The maximum atomic E-state index is 14.1. The molecule has 5 aliphatic rings. The summed E-state index contributed by atoms with van der Waals surface area (Å²) in [6, 6.07) is -0.0518. The van der Waals surface area contributed by atoms with E-state index in [-0.39, 0.29) is 57.9 Å². The third kappa shape index (κ3) is 4.11. The number of ketones is 1. The molecule has 0 radical (unpaired) electrons. The lowest BCUT2D eigenvalue weighted by Gasteiger charge is -2.65. The fourth-order valence-corrected chi connectivity index (χ4v) is 11.0. The largest absolute Gasteiger partial charge is 0.462 e. The van der Waals surface area contributed by atoms with E-state index in [1.807, 2.05) is 6.08 Å². The summed E-state index contributed by atoms with van der Waals surface area (Å²) < 4.78 is 32.5. The van der Waals surface area contributed by atoms with Gasteiger partial charge in [-0.05, 0) is 104 Å². The molecular formula is C29H45NO5S. The standard InChI is InChI=1S/C29H45NO5S/c1-17-21-9-13-29(5)22-8-12-27(3)11-7-19(30-36(6,33)34)15-23(27)20(22)16-24(32)26(29)28(21,4)14-10-25(17)35-18(2)31/h16-17,19,21-23,25-26,30H,7-15H2,1-6H3. The van der Waals surface area contributed by atoms with Crippen LogP contribution < -0.4 is 4.72 Å². The van der Waals surface area contributed by atoms with E-state index in [1.165, 1.54) is 18.8 Å². The van der Waals surface area contributed by atoms with Crippen molar-refractivity contribution in [3.63, 3.8) is 0 Å². The van der Waals surface area contributed by atoms with Crippen LogP contribution in [0.4, 0.5) is 0 Å². The maximum Gasteiger partial charge on any atom is 0.302 e. The molecule has 0 bridgehead atoms. The Bertz CT molecular complexity index is 1080.